The molecule has 3 aromatic rings. The first-order valence-corrected chi connectivity index (χ1v) is 13.6. The van der Waals surface area contributed by atoms with Gasteiger partial charge in [0.15, 0.2) is 5.82 Å². The van der Waals surface area contributed by atoms with E-state index in [1.54, 1.807) is 0 Å². The van der Waals surface area contributed by atoms with Crippen molar-refractivity contribution in [3.05, 3.63) is 51.6 Å². The molecule has 3 aliphatic rings. The van der Waals surface area contributed by atoms with Crippen LogP contribution in [0.2, 0.25) is 0 Å². The largest absolute Gasteiger partial charge is 0.321 e. The highest BCUT2D eigenvalue weighted by molar-refractivity contribution is 5.82. The second-order valence-electron chi connectivity index (χ2n) is 10.8. The fourth-order valence-corrected chi connectivity index (χ4v) is 6.70. The molecule has 0 radical (unpaired) electrons. The van der Waals surface area contributed by atoms with Crippen LogP contribution in [0.1, 0.15) is 86.8 Å². The smallest absolute Gasteiger partial charge is 0.253 e. The van der Waals surface area contributed by atoms with Crippen molar-refractivity contribution in [3.8, 4) is 0 Å². The van der Waals surface area contributed by atoms with Crippen molar-refractivity contribution in [2.75, 3.05) is 26.2 Å². The van der Waals surface area contributed by atoms with Gasteiger partial charge in [0, 0.05) is 37.8 Å². The van der Waals surface area contributed by atoms with Crippen LogP contribution in [0, 0.1) is 6.92 Å². The number of hydrogen-bond donors (Lipinski definition) is 1. The number of aromatic amines is 1. The van der Waals surface area contributed by atoms with Crippen LogP contribution in [0.15, 0.2) is 29.1 Å². The Kier molecular flexibility index (Phi) is 6.41. The number of nitrogens with zero attached hydrogens (tertiary/aromatic N) is 6. The van der Waals surface area contributed by atoms with Crippen LogP contribution in [-0.2, 0) is 0 Å². The van der Waals surface area contributed by atoms with Crippen molar-refractivity contribution >= 4 is 10.9 Å². The maximum Gasteiger partial charge on any atom is 0.253 e. The number of fused-ring (bicyclic) bond motifs is 1. The Morgan fingerprint density at radius 1 is 0.943 bits per heavy atom. The molecule has 2 saturated carbocycles. The van der Waals surface area contributed by atoms with Crippen LogP contribution >= 0.6 is 0 Å². The Bertz CT molecular complexity index is 1210. The lowest BCUT2D eigenvalue weighted by molar-refractivity contribution is 0.0613. The Labute approximate surface area is 206 Å². The summed E-state index contributed by atoms with van der Waals surface area (Å²) in [5.41, 5.74) is 2.72. The number of piperazine rings is 1. The maximum absolute atomic E-state index is 13.5. The fourth-order valence-electron chi connectivity index (χ4n) is 6.70. The van der Waals surface area contributed by atoms with Gasteiger partial charge in [0.05, 0.1) is 11.6 Å². The number of tetrazole rings is 1. The quantitative estimate of drug-likeness (QED) is 0.601. The van der Waals surface area contributed by atoms with Gasteiger partial charge in [0.2, 0.25) is 0 Å². The molecular weight excluding hydrogens is 438 g/mol. The van der Waals surface area contributed by atoms with Crippen LogP contribution in [-0.4, -0.2) is 67.2 Å². The number of aromatic nitrogens is 5. The lowest BCUT2D eigenvalue weighted by atomic mass is 9.93. The van der Waals surface area contributed by atoms with Crippen molar-refractivity contribution < 1.29 is 0 Å². The average molecular weight is 476 g/mol. The van der Waals surface area contributed by atoms with Gasteiger partial charge < -0.3 is 4.98 Å². The minimum atomic E-state index is -0.243. The first kappa shape index (κ1) is 22.9. The number of rotatable bonds is 5. The molecule has 1 aromatic carbocycles. The van der Waals surface area contributed by atoms with Crippen molar-refractivity contribution in [2.24, 2.45) is 0 Å². The molecule has 3 heterocycles. The van der Waals surface area contributed by atoms with E-state index in [1.165, 1.54) is 44.9 Å². The Morgan fingerprint density at radius 2 is 1.66 bits per heavy atom. The van der Waals surface area contributed by atoms with E-state index >= 15 is 0 Å². The van der Waals surface area contributed by atoms with E-state index in [-0.39, 0.29) is 11.6 Å². The zero-order valence-electron chi connectivity index (χ0n) is 20.8. The molecule has 3 fully saturated rings. The molecule has 0 spiro atoms. The summed E-state index contributed by atoms with van der Waals surface area (Å²) < 4.78 is 2.03. The number of benzene rings is 1. The topological polar surface area (TPSA) is 82.9 Å². The van der Waals surface area contributed by atoms with Gasteiger partial charge in [-0.1, -0.05) is 50.3 Å². The number of pyridine rings is 1. The number of aryl methyl sites for hydroxylation is 1. The van der Waals surface area contributed by atoms with E-state index in [0.29, 0.717) is 6.04 Å². The van der Waals surface area contributed by atoms with E-state index in [9.17, 15) is 4.79 Å². The van der Waals surface area contributed by atoms with Crippen LogP contribution < -0.4 is 5.56 Å². The van der Waals surface area contributed by atoms with E-state index in [2.05, 4.69) is 48.5 Å². The van der Waals surface area contributed by atoms with E-state index < -0.39 is 0 Å². The lowest BCUT2D eigenvalue weighted by Gasteiger charge is -2.43. The van der Waals surface area contributed by atoms with Gasteiger partial charge in [-0.15, -0.1) is 5.10 Å². The highest BCUT2D eigenvalue weighted by atomic mass is 16.1. The molecule has 0 amide bonds. The number of para-hydroxylation sites is 1. The Hall–Kier alpha value is -2.58. The van der Waals surface area contributed by atoms with Gasteiger partial charge in [0.25, 0.3) is 5.56 Å². The first-order valence-electron chi connectivity index (χ1n) is 13.6. The summed E-state index contributed by atoms with van der Waals surface area (Å²) in [7, 11) is 0. The minimum Gasteiger partial charge on any atom is -0.321 e. The summed E-state index contributed by atoms with van der Waals surface area (Å²) >= 11 is 0. The third-order valence-electron chi connectivity index (χ3n) is 8.65. The van der Waals surface area contributed by atoms with Crippen molar-refractivity contribution in [3.63, 3.8) is 0 Å². The van der Waals surface area contributed by atoms with Gasteiger partial charge in [-0.2, -0.15) is 0 Å². The summed E-state index contributed by atoms with van der Waals surface area (Å²) in [5.74, 6) is 0.820. The highest BCUT2D eigenvalue weighted by Gasteiger charge is 2.35. The standard InChI is InChI=1S/C27H37N7O/c1-19-8-7-9-20-18-23(27(35)28-24(19)20)25(26-29-30-31-34(26)22-12-5-6-13-22)33-16-14-32(15-17-33)21-10-3-2-4-11-21/h7-9,18,21-22,25H,2-6,10-17H2,1H3,(H,28,35)/t25-/m1/s1. The number of nitrogens with one attached hydrogen (secondary N) is 1. The van der Waals surface area contributed by atoms with Gasteiger partial charge in [-0.05, 0) is 60.0 Å². The molecule has 1 N–H and O–H groups in total. The fraction of sp³-hybridized carbons (Fsp3) is 0.630. The molecule has 0 bridgehead atoms. The van der Waals surface area contributed by atoms with Gasteiger partial charge in [0.1, 0.15) is 6.04 Å². The summed E-state index contributed by atoms with van der Waals surface area (Å²) in [6.45, 7) is 5.96. The van der Waals surface area contributed by atoms with Crippen molar-refractivity contribution in [2.45, 2.75) is 82.8 Å². The van der Waals surface area contributed by atoms with Crippen LogP contribution in [0.5, 0.6) is 0 Å². The average Bonchev–Trinajstić information content (AvgIpc) is 3.59. The molecule has 2 aromatic heterocycles. The molecule has 8 nitrogen and oxygen atoms in total. The molecule has 1 aliphatic heterocycles. The van der Waals surface area contributed by atoms with Gasteiger partial charge in [-0.25, -0.2) is 4.68 Å². The zero-order valence-corrected chi connectivity index (χ0v) is 20.8. The lowest BCUT2D eigenvalue weighted by Crippen LogP contribution is -2.52. The summed E-state index contributed by atoms with van der Waals surface area (Å²) in [6.07, 6.45) is 11.4. The van der Waals surface area contributed by atoms with Gasteiger partial charge in [-0.3, -0.25) is 14.6 Å². The normalized spacial score (nSPS) is 22.2. The molecule has 6 rings (SSSR count). The molecule has 186 valence electrons. The second-order valence-corrected chi connectivity index (χ2v) is 10.8. The summed E-state index contributed by atoms with van der Waals surface area (Å²) in [6, 6.07) is 9.06. The van der Waals surface area contributed by atoms with Gasteiger partial charge >= 0.3 is 0 Å². The second kappa shape index (κ2) is 9.82. The summed E-state index contributed by atoms with van der Waals surface area (Å²) in [4.78, 5) is 21.9. The van der Waals surface area contributed by atoms with Crippen LogP contribution in [0.25, 0.3) is 10.9 Å². The molecular formula is C27H37N7O. The molecule has 1 saturated heterocycles. The first-order chi connectivity index (χ1) is 17.2. The number of H-pyrrole nitrogens is 1. The monoisotopic (exact) mass is 475 g/mol. The Balaban J connectivity index is 1.37. The van der Waals surface area contributed by atoms with Crippen LogP contribution in [0.4, 0.5) is 0 Å². The number of hydrogen-bond acceptors (Lipinski definition) is 6. The maximum atomic E-state index is 13.5. The van der Waals surface area contributed by atoms with Crippen molar-refractivity contribution in [1.29, 1.82) is 0 Å². The van der Waals surface area contributed by atoms with E-state index in [1.807, 2.05) is 17.7 Å². The van der Waals surface area contributed by atoms with E-state index in [0.717, 1.165) is 72.9 Å². The summed E-state index contributed by atoms with van der Waals surface area (Å²) in [5, 5.41) is 14.2. The highest BCUT2D eigenvalue weighted by Crippen LogP contribution is 2.35. The SMILES string of the molecule is Cc1cccc2cc([C@H](c3nnnn3C3CCCC3)N3CCN(C4CCCCC4)CC3)c(=O)[nH]c12. The minimum absolute atomic E-state index is 0.0347. The molecule has 0 unspecified atom stereocenters. The molecule has 1 atom stereocenters. The predicted molar refractivity (Wildman–Crippen MR) is 136 cm³/mol. The van der Waals surface area contributed by atoms with Crippen molar-refractivity contribution in [1.82, 2.24) is 35.0 Å². The van der Waals surface area contributed by atoms with Crippen LogP contribution in [0.3, 0.4) is 0 Å². The van der Waals surface area contributed by atoms with E-state index in [4.69, 9.17) is 0 Å². The Morgan fingerprint density at radius 3 is 2.43 bits per heavy atom. The zero-order chi connectivity index (χ0) is 23.8. The molecule has 35 heavy (non-hydrogen) atoms. The third-order valence-corrected chi connectivity index (χ3v) is 8.65. The molecule has 8 heteroatoms. The third kappa shape index (κ3) is 4.42. The molecule has 2 aliphatic carbocycles. The predicted octanol–water partition coefficient (Wildman–Crippen LogP) is 3.98.